The van der Waals surface area contributed by atoms with Crippen molar-refractivity contribution in [3.63, 3.8) is 0 Å². The molecule has 0 aromatic carbocycles. The summed E-state index contributed by atoms with van der Waals surface area (Å²) < 4.78 is 0. The highest BCUT2D eigenvalue weighted by Crippen LogP contribution is 2.66. The molecule has 3 saturated heterocycles. The molecule has 104 valence electrons. The maximum Gasteiger partial charge on any atom is 0.0371 e. The predicted molar refractivity (Wildman–Crippen MR) is 73.7 cm³/mol. The molecule has 9 atom stereocenters. The van der Waals surface area contributed by atoms with Crippen LogP contribution >= 0.6 is 0 Å². The lowest BCUT2D eigenvalue weighted by molar-refractivity contribution is 0.280. The van der Waals surface area contributed by atoms with Crippen LogP contribution in [0.15, 0.2) is 0 Å². The van der Waals surface area contributed by atoms with Crippen LogP contribution in [0.4, 0.5) is 0 Å². The highest BCUT2D eigenvalue weighted by atomic mass is 15.2. The van der Waals surface area contributed by atoms with Crippen molar-refractivity contribution in [1.82, 2.24) is 16.0 Å². The fourth-order valence-corrected chi connectivity index (χ4v) is 6.55. The number of fused-ring (bicyclic) bond motifs is 3. The molecule has 6 aliphatic rings. The van der Waals surface area contributed by atoms with Crippen LogP contribution in [0.2, 0.25) is 0 Å². The van der Waals surface area contributed by atoms with Gasteiger partial charge in [0, 0.05) is 17.6 Å². The van der Waals surface area contributed by atoms with Gasteiger partial charge in [0.05, 0.1) is 0 Å². The molecule has 3 N–H and O–H groups in total. The average molecular weight is 259 g/mol. The highest BCUT2D eigenvalue weighted by Gasteiger charge is 2.73. The molecule has 0 bridgehead atoms. The average Bonchev–Trinajstić information content (AvgIpc) is 3.38. The summed E-state index contributed by atoms with van der Waals surface area (Å²) in [6.07, 6.45) is 5.90. The molecule has 19 heavy (non-hydrogen) atoms. The van der Waals surface area contributed by atoms with Crippen molar-refractivity contribution < 1.29 is 0 Å². The first-order chi connectivity index (χ1) is 9.38. The number of nitrogens with one attached hydrogen (secondary N) is 3. The molecule has 3 aliphatic heterocycles. The normalized spacial score (nSPS) is 68.2. The third kappa shape index (κ3) is 1.22. The molecule has 3 saturated carbocycles. The standard InChI is InChI=1S/C16H25N3/c1-3-17-14(10-5-8(1)10)12-11-7-18-15(13(11)12)16-6-9(16)2-4-19-16/h8-15,17-19H,1-7H2. The summed E-state index contributed by atoms with van der Waals surface area (Å²) in [4.78, 5) is 0. The maximum absolute atomic E-state index is 3.89. The third-order valence-electron chi connectivity index (χ3n) is 7.65. The fourth-order valence-electron chi connectivity index (χ4n) is 6.55. The van der Waals surface area contributed by atoms with Gasteiger partial charge in [-0.2, -0.15) is 0 Å². The van der Waals surface area contributed by atoms with Gasteiger partial charge in [0.15, 0.2) is 0 Å². The second-order valence-corrected chi connectivity index (χ2v) is 8.29. The molecule has 3 aliphatic carbocycles. The summed E-state index contributed by atoms with van der Waals surface area (Å²) in [5, 5.41) is 11.6. The number of hydrogen-bond donors (Lipinski definition) is 3. The Morgan fingerprint density at radius 2 is 1.95 bits per heavy atom. The van der Waals surface area contributed by atoms with Gasteiger partial charge in [-0.25, -0.2) is 0 Å². The van der Waals surface area contributed by atoms with Gasteiger partial charge < -0.3 is 16.0 Å². The van der Waals surface area contributed by atoms with Gasteiger partial charge in [-0.3, -0.25) is 0 Å². The van der Waals surface area contributed by atoms with Crippen LogP contribution in [0.3, 0.4) is 0 Å². The van der Waals surface area contributed by atoms with Crippen molar-refractivity contribution in [1.29, 1.82) is 0 Å². The van der Waals surface area contributed by atoms with Crippen molar-refractivity contribution in [2.75, 3.05) is 19.6 Å². The highest BCUT2D eigenvalue weighted by molar-refractivity contribution is 5.29. The van der Waals surface area contributed by atoms with Gasteiger partial charge in [0.25, 0.3) is 0 Å². The van der Waals surface area contributed by atoms with E-state index in [1.165, 1.54) is 45.3 Å². The van der Waals surface area contributed by atoms with Crippen LogP contribution in [0, 0.1) is 35.5 Å². The Labute approximate surface area is 115 Å². The first-order valence-corrected chi connectivity index (χ1v) is 8.60. The first-order valence-electron chi connectivity index (χ1n) is 8.60. The molecule has 0 aromatic heterocycles. The van der Waals surface area contributed by atoms with Crippen molar-refractivity contribution in [2.45, 2.75) is 43.3 Å². The Balaban J connectivity index is 1.24. The SMILES string of the molecule is C1CC2CC2C(C2C3CNC(C45CC4CCN5)C32)N1. The van der Waals surface area contributed by atoms with Gasteiger partial charge in [0.2, 0.25) is 0 Å². The van der Waals surface area contributed by atoms with Gasteiger partial charge in [-0.15, -0.1) is 0 Å². The second-order valence-electron chi connectivity index (χ2n) is 8.29. The van der Waals surface area contributed by atoms with Gasteiger partial charge >= 0.3 is 0 Å². The largest absolute Gasteiger partial charge is 0.313 e. The Bertz CT molecular complexity index is 438. The minimum atomic E-state index is 0.547. The van der Waals surface area contributed by atoms with E-state index < -0.39 is 0 Å². The van der Waals surface area contributed by atoms with E-state index in [2.05, 4.69) is 16.0 Å². The third-order valence-corrected chi connectivity index (χ3v) is 7.65. The Morgan fingerprint density at radius 3 is 2.79 bits per heavy atom. The van der Waals surface area contributed by atoms with Crippen LogP contribution in [-0.2, 0) is 0 Å². The van der Waals surface area contributed by atoms with E-state index >= 15 is 0 Å². The molecule has 6 fully saturated rings. The second kappa shape index (κ2) is 3.20. The minimum absolute atomic E-state index is 0.547. The molecular weight excluding hydrogens is 234 g/mol. The van der Waals surface area contributed by atoms with Crippen LogP contribution in [0.1, 0.15) is 25.7 Å². The Morgan fingerprint density at radius 1 is 0.947 bits per heavy atom. The van der Waals surface area contributed by atoms with E-state index in [1.807, 2.05) is 0 Å². The molecular formula is C16H25N3. The van der Waals surface area contributed by atoms with Crippen molar-refractivity contribution >= 4 is 0 Å². The van der Waals surface area contributed by atoms with E-state index in [1.54, 1.807) is 0 Å². The summed E-state index contributed by atoms with van der Waals surface area (Å²) in [6, 6.07) is 1.71. The fraction of sp³-hybridized carbons (Fsp3) is 1.00. The van der Waals surface area contributed by atoms with Gasteiger partial charge in [-0.05, 0) is 80.8 Å². The van der Waals surface area contributed by atoms with Gasteiger partial charge in [0.1, 0.15) is 0 Å². The van der Waals surface area contributed by atoms with Crippen LogP contribution in [0.25, 0.3) is 0 Å². The lowest BCUT2D eigenvalue weighted by atomic mass is 9.93. The number of hydrogen-bond acceptors (Lipinski definition) is 3. The molecule has 6 rings (SSSR count). The van der Waals surface area contributed by atoms with Crippen LogP contribution < -0.4 is 16.0 Å². The van der Waals surface area contributed by atoms with E-state index in [0.717, 1.165) is 47.6 Å². The number of piperidine rings is 3. The van der Waals surface area contributed by atoms with E-state index in [4.69, 9.17) is 0 Å². The minimum Gasteiger partial charge on any atom is -0.313 e. The predicted octanol–water partition coefficient (Wildman–Crippen LogP) is 0.570. The lowest BCUT2D eigenvalue weighted by Gasteiger charge is -2.30. The van der Waals surface area contributed by atoms with Crippen molar-refractivity contribution in [3.05, 3.63) is 0 Å². The first kappa shape index (κ1) is 10.6. The zero-order valence-corrected chi connectivity index (χ0v) is 11.6. The summed E-state index contributed by atoms with van der Waals surface area (Å²) in [5.74, 6) is 6.23. The van der Waals surface area contributed by atoms with Crippen molar-refractivity contribution in [2.24, 2.45) is 35.5 Å². The summed E-state index contributed by atoms with van der Waals surface area (Å²) in [5.41, 5.74) is 0.547. The van der Waals surface area contributed by atoms with E-state index in [0.29, 0.717) is 5.54 Å². The Hall–Kier alpha value is -0.120. The van der Waals surface area contributed by atoms with Crippen molar-refractivity contribution in [3.8, 4) is 0 Å². The molecule has 3 nitrogen and oxygen atoms in total. The molecule has 0 amide bonds. The van der Waals surface area contributed by atoms with Crippen LogP contribution in [0.5, 0.6) is 0 Å². The van der Waals surface area contributed by atoms with E-state index in [9.17, 15) is 0 Å². The quantitative estimate of drug-likeness (QED) is 0.678. The molecule has 0 radical (unpaired) electrons. The zero-order valence-electron chi connectivity index (χ0n) is 11.6. The Kier molecular flexibility index (Phi) is 1.78. The topological polar surface area (TPSA) is 36.1 Å². The summed E-state index contributed by atoms with van der Waals surface area (Å²) >= 11 is 0. The molecule has 9 unspecified atom stereocenters. The van der Waals surface area contributed by atoms with Gasteiger partial charge in [-0.1, -0.05) is 0 Å². The molecule has 0 aromatic rings. The maximum atomic E-state index is 3.89. The summed E-state index contributed by atoms with van der Waals surface area (Å²) in [6.45, 7) is 3.88. The number of rotatable bonds is 2. The van der Waals surface area contributed by atoms with E-state index in [-0.39, 0.29) is 0 Å². The van der Waals surface area contributed by atoms with Crippen LogP contribution in [-0.4, -0.2) is 37.3 Å². The zero-order chi connectivity index (χ0) is 12.2. The smallest absolute Gasteiger partial charge is 0.0371 e. The lowest BCUT2D eigenvalue weighted by Crippen LogP contribution is -2.51. The molecule has 3 heteroatoms. The monoisotopic (exact) mass is 259 g/mol. The summed E-state index contributed by atoms with van der Waals surface area (Å²) in [7, 11) is 0. The molecule has 0 spiro atoms. The molecule has 3 heterocycles.